The first-order valence-electron chi connectivity index (χ1n) is 13.4. The maximum absolute atomic E-state index is 14.2. The molecule has 0 saturated heterocycles. The largest absolute Gasteiger partial charge is 0.497 e. The number of halogens is 2. The van der Waals surface area contributed by atoms with E-state index in [1.54, 1.807) is 42.3 Å². The molecular formula is C32H32Cl2N2O3. The fourth-order valence-electron chi connectivity index (χ4n) is 5.65. The molecule has 1 N–H and O–H groups in total. The number of benzene rings is 3. The average molecular weight is 564 g/mol. The fraction of sp³-hybridized carbons (Fsp3) is 0.312. The van der Waals surface area contributed by atoms with Crippen LogP contribution >= 0.6 is 23.2 Å². The van der Waals surface area contributed by atoms with Crippen molar-refractivity contribution in [2.75, 3.05) is 12.0 Å². The summed E-state index contributed by atoms with van der Waals surface area (Å²) in [6.45, 7) is 0. The van der Waals surface area contributed by atoms with E-state index in [1.165, 1.54) is 6.42 Å². The molecule has 39 heavy (non-hydrogen) atoms. The smallest absolute Gasteiger partial charge is 0.232 e. The molecule has 1 fully saturated rings. The van der Waals surface area contributed by atoms with E-state index in [9.17, 15) is 9.59 Å². The van der Waals surface area contributed by atoms with Crippen LogP contribution in [0.15, 0.2) is 72.9 Å². The number of anilines is 1. The third-order valence-electron chi connectivity index (χ3n) is 7.67. The second kappa shape index (κ2) is 12.3. The highest BCUT2D eigenvalue weighted by atomic mass is 35.5. The van der Waals surface area contributed by atoms with Crippen LogP contribution in [0.5, 0.6) is 5.75 Å². The van der Waals surface area contributed by atoms with E-state index in [4.69, 9.17) is 27.9 Å². The Bertz CT molecular complexity index is 1460. The Hall–Kier alpha value is -3.28. The van der Waals surface area contributed by atoms with E-state index in [2.05, 4.69) is 4.98 Å². The van der Waals surface area contributed by atoms with Gasteiger partial charge < -0.3 is 9.72 Å². The third kappa shape index (κ3) is 6.15. The van der Waals surface area contributed by atoms with Gasteiger partial charge in [-0.15, -0.1) is 0 Å². The molecule has 1 saturated carbocycles. The van der Waals surface area contributed by atoms with Crippen LogP contribution in [0.2, 0.25) is 10.0 Å². The zero-order chi connectivity index (χ0) is 27.4. The van der Waals surface area contributed by atoms with Crippen molar-refractivity contribution in [2.45, 2.75) is 51.0 Å². The number of H-pyrrole nitrogens is 1. The van der Waals surface area contributed by atoms with Gasteiger partial charge in [0.25, 0.3) is 0 Å². The lowest BCUT2D eigenvalue weighted by molar-refractivity contribution is -0.125. The highest BCUT2D eigenvalue weighted by Crippen LogP contribution is 2.37. The molecule has 1 unspecified atom stereocenters. The van der Waals surface area contributed by atoms with Gasteiger partial charge >= 0.3 is 0 Å². The summed E-state index contributed by atoms with van der Waals surface area (Å²) in [5.41, 5.74) is 3.11. The number of nitrogens with zero attached hydrogens (tertiary/aromatic N) is 1. The van der Waals surface area contributed by atoms with Gasteiger partial charge in [-0.1, -0.05) is 79.6 Å². The first kappa shape index (κ1) is 27.3. The van der Waals surface area contributed by atoms with Crippen LogP contribution in [0.25, 0.3) is 10.9 Å². The number of para-hydroxylation sites is 1. The van der Waals surface area contributed by atoms with E-state index in [0.29, 0.717) is 39.4 Å². The number of fused-ring (bicyclic) bond motifs is 1. The normalized spacial score (nSPS) is 14.7. The number of carbonyl (C=O) groups excluding carboxylic acids is 2. The molecule has 1 aliphatic carbocycles. The number of aromatic nitrogens is 1. The van der Waals surface area contributed by atoms with E-state index in [1.807, 2.05) is 42.6 Å². The predicted molar refractivity (Wildman–Crippen MR) is 158 cm³/mol. The van der Waals surface area contributed by atoms with Crippen molar-refractivity contribution in [1.82, 2.24) is 4.98 Å². The second-order valence-corrected chi connectivity index (χ2v) is 11.1. The van der Waals surface area contributed by atoms with Gasteiger partial charge in [-0.05, 0) is 59.5 Å². The zero-order valence-electron chi connectivity index (χ0n) is 22.0. The number of carbonyl (C=O) groups is 2. The van der Waals surface area contributed by atoms with E-state index in [0.717, 1.165) is 42.1 Å². The summed E-state index contributed by atoms with van der Waals surface area (Å²) in [4.78, 5) is 33.3. The Morgan fingerprint density at radius 3 is 2.44 bits per heavy atom. The third-order valence-corrected chi connectivity index (χ3v) is 8.41. The minimum atomic E-state index is -0.840. The number of nitrogens with one attached hydrogen (secondary N) is 1. The van der Waals surface area contributed by atoms with Crippen molar-refractivity contribution in [1.29, 1.82) is 0 Å². The topological polar surface area (TPSA) is 62.4 Å². The lowest BCUT2D eigenvalue weighted by Crippen LogP contribution is -2.40. The molecule has 202 valence electrons. The van der Waals surface area contributed by atoms with Crippen LogP contribution in [-0.4, -0.2) is 23.8 Å². The van der Waals surface area contributed by atoms with Crippen molar-refractivity contribution in [3.8, 4) is 5.75 Å². The van der Waals surface area contributed by atoms with Gasteiger partial charge in [-0.25, -0.2) is 0 Å². The Labute approximate surface area is 239 Å². The van der Waals surface area contributed by atoms with Crippen molar-refractivity contribution >= 4 is 51.5 Å². The number of methoxy groups -OCH3 is 1. The van der Waals surface area contributed by atoms with Crippen LogP contribution in [-0.2, 0) is 16.0 Å². The van der Waals surface area contributed by atoms with Crippen molar-refractivity contribution in [2.24, 2.45) is 5.92 Å². The van der Waals surface area contributed by atoms with Crippen molar-refractivity contribution in [3.05, 3.63) is 94.1 Å². The molecule has 7 heteroatoms. The van der Waals surface area contributed by atoms with E-state index in [-0.39, 0.29) is 18.1 Å². The molecular weight excluding hydrogens is 531 g/mol. The summed E-state index contributed by atoms with van der Waals surface area (Å²) in [7, 11) is 1.60. The molecule has 0 bridgehead atoms. The first-order chi connectivity index (χ1) is 18.9. The molecule has 3 aromatic carbocycles. The average Bonchev–Trinajstić information content (AvgIpc) is 3.36. The molecule has 1 aromatic heterocycles. The van der Waals surface area contributed by atoms with E-state index >= 15 is 0 Å². The zero-order valence-corrected chi connectivity index (χ0v) is 23.5. The summed E-state index contributed by atoms with van der Waals surface area (Å²) >= 11 is 12.7. The summed E-state index contributed by atoms with van der Waals surface area (Å²) in [5, 5.41) is 1.74. The second-order valence-electron chi connectivity index (χ2n) is 10.2. The predicted octanol–water partition coefficient (Wildman–Crippen LogP) is 8.34. The highest BCUT2D eigenvalue weighted by Gasteiger charge is 2.34. The minimum Gasteiger partial charge on any atom is -0.497 e. The number of amides is 1. The molecule has 4 aromatic rings. The molecule has 1 atom stereocenters. The Morgan fingerprint density at radius 2 is 1.72 bits per heavy atom. The molecule has 0 aliphatic heterocycles. The summed E-state index contributed by atoms with van der Waals surface area (Å²) in [6, 6.07) is 19.5. The van der Waals surface area contributed by atoms with Crippen LogP contribution in [0, 0.1) is 5.92 Å². The number of Topliss-reactive ketones (excluding diaryl/α,β-unsaturated/α-hetero) is 1. The summed E-state index contributed by atoms with van der Waals surface area (Å²) in [5.74, 6) is 0.807. The molecule has 0 radical (unpaired) electrons. The van der Waals surface area contributed by atoms with Gasteiger partial charge in [0.15, 0.2) is 5.78 Å². The maximum Gasteiger partial charge on any atom is 0.232 e. The quantitative estimate of drug-likeness (QED) is 0.223. The van der Waals surface area contributed by atoms with Crippen molar-refractivity contribution in [3.63, 3.8) is 0 Å². The highest BCUT2D eigenvalue weighted by molar-refractivity contribution is 6.42. The number of hydrogen-bond acceptors (Lipinski definition) is 3. The molecule has 5 rings (SSSR count). The Kier molecular flexibility index (Phi) is 8.59. The van der Waals surface area contributed by atoms with Crippen molar-refractivity contribution < 1.29 is 14.3 Å². The fourth-order valence-corrected chi connectivity index (χ4v) is 5.96. The van der Waals surface area contributed by atoms with Gasteiger partial charge in [-0.2, -0.15) is 0 Å². The minimum absolute atomic E-state index is 0.00313. The Morgan fingerprint density at radius 1 is 0.974 bits per heavy atom. The first-order valence-corrected chi connectivity index (χ1v) is 14.2. The van der Waals surface area contributed by atoms with Gasteiger partial charge in [-0.3, -0.25) is 14.5 Å². The number of hydrogen-bond donors (Lipinski definition) is 1. The van der Waals surface area contributed by atoms with E-state index < -0.39 is 6.04 Å². The number of ether oxygens (including phenoxy) is 1. The van der Waals surface area contributed by atoms with Gasteiger partial charge in [0.1, 0.15) is 11.8 Å². The monoisotopic (exact) mass is 562 g/mol. The number of aromatic amines is 1. The molecule has 1 aliphatic rings. The van der Waals surface area contributed by atoms with Crippen LogP contribution < -0.4 is 9.64 Å². The molecule has 1 heterocycles. The lowest BCUT2D eigenvalue weighted by Gasteiger charge is -2.33. The number of rotatable bonds is 9. The summed E-state index contributed by atoms with van der Waals surface area (Å²) in [6.07, 6.45) is 7.96. The van der Waals surface area contributed by atoms with Gasteiger partial charge in [0, 0.05) is 29.2 Å². The standard InChI is InChI=1S/C32H32Cl2N2O3/c1-39-25-14-12-24(13-15-25)36(31(38)19-23-20-35-29-10-6-5-9-26(23)29)32(22-11-16-27(33)28(34)18-22)30(37)17-21-7-3-2-4-8-21/h5-6,9-16,18,20-21,32,35H,2-4,7-8,17,19H2,1H3. The molecule has 1 amide bonds. The SMILES string of the molecule is COc1ccc(N(C(=O)Cc2c[nH]c3ccccc23)C(C(=O)CC2CCCCC2)c2ccc(Cl)c(Cl)c2)cc1. The number of ketones is 1. The maximum atomic E-state index is 14.2. The molecule has 0 spiro atoms. The molecule has 5 nitrogen and oxygen atoms in total. The Balaban J connectivity index is 1.58. The van der Waals surface area contributed by atoms with Crippen LogP contribution in [0.3, 0.4) is 0 Å². The van der Waals surface area contributed by atoms with Crippen LogP contribution in [0.1, 0.15) is 55.7 Å². The van der Waals surface area contributed by atoms with Gasteiger partial charge in [0.05, 0.1) is 23.6 Å². The summed E-state index contributed by atoms with van der Waals surface area (Å²) < 4.78 is 5.36. The lowest BCUT2D eigenvalue weighted by atomic mass is 9.83. The van der Waals surface area contributed by atoms with Gasteiger partial charge in [0.2, 0.25) is 5.91 Å². The van der Waals surface area contributed by atoms with Crippen LogP contribution in [0.4, 0.5) is 5.69 Å².